The fourth-order valence-electron chi connectivity index (χ4n) is 2.35. The third-order valence-corrected chi connectivity index (χ3v) is 5.08. The molecule has 5 nitrogen and oxygen atoms in total. The molecule has 0 unspecified atom stereocenters. The van der Waals surface area contributed by atoms with Gasteiger partial charge in [-0.1, -0.05) is 23.7 Å². The molecule has 7 heteroatoms. The Labute approximate surface area is 109 Å². The minimum absolute atomic E-state index is 0.494. The van der Waals surface area contributed by atoms with E-state index in [1.165, 1.54) is 0 Å². The highest BCUT2D eigenvalue weighted by Gasteiger charge is 2.73. The van der Waals surface area contributed by atoms with Gasteiger partial charge in [0.15, 0.2) is 9.84 Å². The first-order chi connectivity index (χ1) is 8.19. The molecule has 1 aliphatic rings. The summed E-state index contributed by atoms with van der Waals surface area (Å²) in [5.74, 6) is -2.04. The van der Waals surface area contributed by atoms with E-state index in [2.05, 4.69) is 0 Å². The number of carbonyl (C=O) groups is 1. The summed E-state index contributed by atoms with van der Waals surface area (Å²) < 4.78 is 23.2. The number of carboxylic acids is 1. The number of benzene rings is 1. The molecule has 0 aromatic heterocycles. The highest BCUT2D eigenvalue weighted by Crippen LogP contribution is 2.54. The maximum atomic E-state index is 11.6. The maximum absolute atomic E-state index is 11.6. The summed E-state index contributed by atoms with van der Waals surface area (Å²) in [6.07, 6.45) is 0.998. The van der Waals surface area contributed by atoms with Crippen molar-refractivity contribution in [3.63, 3.8) is 0 Å². The minimum atomic E-state index is -3.53. The zero-order valence-corrected chi connectivity index (χ0v) is 11.1. The van der Waals surface area contributed by atoms with Crippen LogP contribution in [0.25, 0.3) is 0 Å². The Morgan fingerprint density at radius 2 is 1.89 bits per heavy atom. The van der Waals surface area contributed by atoms with Crippen LogP contribution in [-0.2, 0) is 14.6 Å². The average molecular weight is 290 g/mol. The zero-order valence-electron chi connectivity index (χ0n) is 9.50. The second-order valence-corrected chi connectivity index (χ2v) is 7.12. The van der Waals surface area contributed by atoms with Crippen molar-refractivity contribution < 1.29 is 18.3 Å². The van der Waals surface area contributed by atoms with Gasteiger partial charge >= 0.3 is 5.97 Å². The highest BCUT2D eigenvalue weighted by molar-refractivity contribution is 7.91. The van der Waals surface area contributed by atoms with Gasteiger partial charge in [0.25, 0.3) is 0 Å². The van der Waals surface area contributed by atoms with Gasteiger partial charge in [-0.15, -0.1) is 0 Å². The average Bonchev–Trinajstić information content (AvgIpc) is 2.87. The summed E-state index contributed by atoms with van der Waals surface area (Å²) in [7, 11) is -3.53. The molecule has 0 heterocycles. The zero-order chi connectivity index (χ0) is 13.7. The second kappa shape index (κ2) is 3.94. The SMILES string of the molecule is CS(=O)(=O)[C@@H]1[C@H](c2ccc(Cl)cc2)[C@]1(N)C(=O)O. The minimum Gasteiger partial charge on any atom is -0.480 e. The predicted octanol–water partition coefficient (Wildman–Crippen LogP) is 0.633. The van der Waals surface area contributed by atoms with Crippen LogP contribution in [0, 0.1) is 0 Å². The number of sulfone groups is 1. The van der Waals surface area contributed by atoms with E-state index in [0.29, 0.717) is 10.6 Å². The second-order valence-electron chi connectivity index (χ2n) is 4.52. The van der Waals surface area contributed by atoms with Gasteiger partial charge < -0.3 is 10.8 Å². The maximum Gasteiger partial charge on any atom is 0.325 e. The van der Waals surface area contributed by atoms with Gasteiger partial charge in [-0.25, -0.2) is 8.42 Å². The topological polar surface area (TPSA) is 97.5 Å². The fourth-order valence-corrected chi connectivity index (χ4v) is 4.23. The van der Waals surface area contributed by atoms with Gasteiger partial charge in [0, 0.05) is 17.2 Å². The predicted molar refractivity (Wildman–Crippen MR) is 67.4 cm³/mol. The smallest absolute Gasteiger partial charge is 0.325 e. The molecule has 1 aliphatic carbocycles. The van der Waals surface area contributed by atoms with E-state index in [4.69, 9.17) is 22.4 Å². The van der Waals surface area contributed by atoms with E-state index in [1.54, 1.807) is 24.3 Å². The van der Waals surface area contributed by atoms with E-state index in [9.17, 15) is 13.2 Å². The molecule has 0 bridgehead atoms. The standard InChI is InChI=1S/C11H12ClNO4S/c1-18(16,17)9-8(11(9,13)10(14)15)6-2-4-7(12)5-3-6/h2-5,8-9H,13H2,1H3,(H,14,15)/t8-,9+,11+/m0/s1. The number of hydrogen-bond donors (Lipinski definition) is 2. The van der Waals surface area contributed by atoms with E-state index in [1.807, 2.05) is 0 Å². The van der Waals surface area contributed by atoms with Gasteiger partial charge in [0.05, 0.1) is 5.25 Å². The third kappa shape index (κ3) is 1.90. The monoisotopic (exact) mass is 289 g/mol. The van der Waals surface area contributed by atoms with Crippen LogP contribution in [0.3, 0.4) is 0 Å². The van der Waals surface area contributed by atoms with E-state index in [0.717, 1.165) is 6.26 Å². The van der Waals surface area contributed by atoms with Crippen molar-refractivity contribution in [1.82, 2.24) is 0 Å². The molecule has 0 saturated heterocycles. The van der Waals surface area contributed by atoms with Crippen LogP contribution in [0.5, 0.6) is 0 Å². The van der Waals surface area contributed by atoms with Gasteiger partial charge in [0.1, 0.15) is 5.54 Å². The van der Waals surface area contributed by atoms with Gasteiger partial charge in [-0.3, -0.25) is 4.79 Å². The van der Waals surface area contributed by atoms with Crippen LogP contribution in [-0.4, -0.2) is 36.5 Å². The lowest BCUT2D eigenvalue weighted by atomic mass is 10.1. The summed E-state index contributed by atoms with van der Waals surface area (Å²) >= 11 is 5.73. The van der Waals surface area contributed by atoms with Crippen LogP contribution in [0.4, 0.5) is 0 Å². The molecule has 1 fully saturated rings. The largest absolute Gasteiger partial charge is 0.480 e. The Balaban J connectivity index is 2.45. The lowest BCUT2D eigenvalue weighted by Gasteiger charge is -2.04. The molecule has 0 radical (unpaired) electrons. The molecule has 1 saturated carbocycles. The number of nitrogens with two attached hydrogens (primary N) is 1. The summed E-state index contributed by atoms with van der Waals surface area (Å²) in [6.45, 7) is 0. The first kappa shape index (κ1) is 13.3. The van der Waals surface area contributed by atoms with Crippen LogP contribution >= 0.6 is 11.6 Å². The van der Waals surface area contributed by atoms with E-state index < -0.39 is 32.5 Å². The van der Waals surface area contributed by atoms with Gasteiger partial charge in [-0.05, 0) is 17.7 Å². The Hall–Kier alpha value is -1.11. The number of hydrogen-bond acceptors (Lipinski definition) is 4. The molecule has 0 amide bonds. The number of aliphatic carboxylic acids is 1. The fraction of sp³-hybridized carbons (Fsp3) is 0.364. The van der Waals surface area contributed by atoms with Gasteiger partial charge in [-0.2, -0.15) is 0 Å². The van der Waals surface area contributed by atoms with Crippen molar-refractivity contribution in [1.29, 1.82) is 0 Å². The first-order valence-electron chi connectivity index (χ1n) is 5.15. The van der Waals surface area contributed by atoms with Crippen LogP contribution in [0.15, 0.2) is 24.3 Å². The van der Waals surface area contributed by atoms with Crippen LogP contribution < -0.4 is 5.73 Å². The molecule has 2 rings (SSSR count). The molecule has 3 N–H and O–H groups in total. The molecule has 1 aromatic carbocycles. The summed E-state index contributed by atoms with van der Waals surface area (Å²) in [4.78, 5) is 11.2. The molecule has 0 spiro atoms. The van der Waals surface area contributed by atoms with Crippen molar-refractivity contribution in [3.05, 3.63) is 34.9 Å². The number of halogens is 1. The van der Waals surface area contributed by atoms with Crippen LogP contribution in [0.2, 0.25) is 5.02 Å². The number of carboxylic acid groups (broad SMARTS) is 1. The normalized spacial score (nSPS) is 31.1. The molecular formula is C11H12ClNO4S. The lowest BCUT2D eigenvalue weighted by molar-refractivity contribution is -0.139. The van der Waals surface area contributed by atoms with Crippen molar-refractivity contribution in [2.75, 3.05) is 6.26 Å². The first-order valence-corrected chi connectivity index (χ1v) is 7.49. The van der Waals surface area contributed by atoms with Crippen molar-refractivity contribution >= 4 is 27.4 Å². The molecule has 98 valence electrons. The lowest BCUT2D eigenvalue weighted by Crippen LogP contribution is -2.39. The quantitative estimate of drug-likeness (QED) is 0.851. The Morgan fingerprint density at radius 3 is 2.22 bits per heavy atom. The molecule has 1 aromatic rings. The third-order valence-electron chi connectivity index (χ3n) is 3.24. The Bertz CT molecular complexity index is 598. The molecular weight excluding hydrogens is 278 g/mol. The van der Waals surface area contributed by atoms with Crippen molar-refractivity contribution in [2.24, 2.45) is 5.73 Å². The van der Waals surface area contributed by atoms with Gasteiger partial charge in [0.2, 0.25) is 0 Å². The Morgan fingerprint density at radius 1 is 1.39 bits per heavy atom. The summed E-state index contributed by atoms with van der Waals surface area (Å²) in [6, 6.07) is 6.36. The summed E-state index contributed by atoms with van der Waals surface area (Å²) in [5.41, 5.74) is 4.54. The summed E-state index contributed by atoms with van der Waals surface area (Å²) in [5, 5.41) is 8.52. The molecule has 18 heavy (non-hydrogen) atoms. The van der Waals surface area contributed by atoms with E-state index in [-0.39, 0.29) is 0 Å². The number of rotatable bonds is 3. The Kier molecular flexibility index (Phi) is 2.92. The molecule has 3 atom stereocenters. The molecule has 0 aliphatic heterocycles. The van der Waals surface area contributed by atoms with E-state index >= 15 is 0 Å². The van der Waals surface area contributed by atoms with Crippen molar-refractivity contribution in [2.45, 2.75) is 16.7 Å². The highest BCUT2D eigenvalue weighted by atomic mass is 35.5. The van der Waals surface area contributed by atoms with Crippen molar-refractivity contribution in [3.8, 4) is 0 Å². The van der Waals surface area contributed by atoms with Crippen LogP contribution in [0.1, 0.15) is 11.5 Å².